The quantitative estimate of drug-likeness (QED) is 0.720. The number of hydrogen-bond acceptors (Lipinski definition) is 4. The molecule has 0 unspecified atom stereocenters. The number of nitrogen functional groups attached to an aromatic ring is 1. The van der Waals surface area contributed by atoms with Gasteiger partial charge in [0.2, 0.25) is 0 Å². The molecule has 1 aromatic heterocycles. The van der Waals surface area contributed by atoms with Crippen LogP contribution in [0.1, 0.15) is 12.8 Å². The zero-order chi connectivity index (χ0) is 10.3. The van der Waals surface area contributed by atoms with E-state index in [2.05, 4.69) is 9.88 Å². The average molecular weight is 203 g/mol. The number of nitrogens with zero attached hydrogens (tertiary/aromatic N) is 2. The molecule has 1 aromatic carbocycles. The van der Waals surface area contributed by atoms with Gasteiger partial charge in [-0.25, -0.2) is 0 Å². The van der Waals surface area contributed by atoms with Gasteiger partial charge >= 0.3 is 0 Å². The van der Waals surface area contributed by atoms with Crippen LogP contribution in [0, 0.1) is 0 Å². The van der Waals surface area contributed by atoms with E-state index in [0.29, 0.717) is 11.7 Å². The minimum Gasteiger partial charge on any atom is -0.423 e. The van der Waals surface area contributed by atoms with Crippen molar-refractivity contribution in [3.8, 4) is 0 Å². The Kier molecular flexibility index (Phi) is 1.80. The Hall–Kier alpha value is -1.71. The Bertz CT molecular complexity index is 486. The van der Waals surface area contributed by atoms with Gasteiger partial charge in [-0.1, -0.05) is 6.07 Å². The van der Waals surface area contributed by atoms with E-state index in [9.17, 15) is 0 Å². The molecule has 15 heavy (non-hydrogen) atoms. The monoisotopic (exact) mass is 203 g/mol. The van der Waals surface area contributed by atoms with Crippen molar-refractivity contribution >= 4 is 22.8 Å². The van der Waals surface area contributed by atoms with Gasteiger partial charge < -0.3 is 15.1 Å². The van der Waals surface area contributed by atoms with Crippen LogP contribution >= 0.6 is 0 Å². The number of para-hydroxylation sites is 1. The van der Waals surface area contributed by atoms with Gasteiger partial charge in [0.1, 0.15) is 5.52 Å². The van der Waals surface area contributed by atoms with Crippen molar-refractivity contribution < 1.29 is 4.42 Å². The summed E-state index contributed by atoms with van der Waals surface area (Å²) >= 11 is 0. The Morgan fingerprint density at radius 3 is 2.80 bits per heavy atom. The molecule has 4 nitrogen and oxygen atoms in total. The van der Waals surface area contributed by atoms with Gasteiger partial charge in [0, 0.05) is 13.1 Å². The van der Waals surface area contributed by atoms with Crippen LogP contribution < -0.4 is 10.6 Å². The maximum absolute atomic E-state index is 5.83. The van der Waals surface area contributed by atoms with Crippen LogP contribution in [0.15, 0.2) is 22.6 Å². The van der Waals surface area contributed by atoms with Gasteiger partial charge in [0.15, 0.2) is 5.58 Å². The van der Waals surface area contributed by atoms with Crippen molar-refractivity contribution in [3.05, 3.63) is 18.2 Å². The van der Waals surface area contributed by atoms with Crippen molar-refractivity contribution in [2.24, 2.45) is 0 Å². The highest BCUT2D eigenvalue weighted by molar-refractivity contribution is 5.86. The van der Waals surface area contributed by atoms with Crippen LogP contribution in [0.25, 0.3) is 11.1 Å². The fourth-order valence-electron chi connectivity index (χ4n) is 2.00. The molecular formula is C11H13N3O. The number of rotatable bonds is 1. The van der Waals surface area contributed by atoms with Crippen LogP contribution in [0.2, 0.25) is 0 Å². The molecule has 1 saturated heterocycles. The van der Waals surface area contributed by atoms with Gasteiger partial charge in [0.25, 0.3) is 6.01 Å². The lowest BCUT2D eigenvalue weighted by atomic mass is 10.3. The van der Waals surface area contributed by atoms with Crippen molar-refractivity contribution in [1.29, 1.82) is 0 Å². The largest absolute Gasteiger partial charge is 0.423 e. The number of aromatic nitrogens is 1. The van der Waals surface area contributed by atoms with Crippen molar-refractivity contribution in [1.82, 2.24) is 4.98 Å². The number of oxazole rings is 1. The molecule has 0 aliphatic carbocycles. The Labute approximate surface area is 87.7 Å². The number of nitrogens with two attached hydrogens (primary N) is 1. The van der Waals surface area contributed by atoms with Crippen LogP contribution in [-0.4, -0.2) is 18.1 Å². The van der Waals surface area contributed by atoms with Gasteiger partial charge in [-0.2, -0.15) is 4.98 Å². The molecule has 0 radical (unpaired) electrons. The summed E-state index contributed by atoms with van der Waals surface area (Å²) in [6.45, 7) is 2.07. The predicted octanol–water partition coefficient (Wildman–Crippen LogP) is 2.01. The van der Waals surface area contributed by atoms with Crippen molar-refractivity contribution in [3.63, 3.8) is 0 Å². The summed E-state index contributed by atoms with van der Waals surface area (Å²) in [7, 11) is 0. The lowest BCUT2D eigenvalue weighted by Gasteiger charge is -2.10. The first-order chi connectivity index (χ1) is 7.34. The molecule has 1 fully saturated rings. The van der Waals surface area contributed by atoms with Gasteiger partial charge in [-0.3, -0.25) is 0 Å². The first kappa shape index (κ1) is 8.59. The Morgan fingerprint density at radius 2 is 2.07 bits per heavy atom. The number of benzene rings is 1. The van der Waals surface area contributed by atoms with Crippen LogP contribution in [0.4, 0.5) is 11.7 Å². The first-order valence-corrected chi connectivity index (χ1v) is 5.24. The van der Waals surface area contributed by atoms with Gasteiger partial charge in [0.05, 0.1) is 5.69 Å². The molecule has 2 heterocycles. The molecule has 78 valence electrons. The zero-order valence-corrected chi connectivity index (χ0v) is 8.44. The summed E-state index contributed by atoms with van der Waals surface area (Å²) in [5, 5.41) is 0. The average Bonchev–Trinajstić information content (AvgIpc) is 2.86. The predicted molar refractivity (Wildman–Crippen MR) is 59.9 cm³/mol. The fraction of sp³-hybridized carbons (Fsp3) is 0.364. The molecule has 0 amide bonds. The molecule has 0 spiro atoms. The number of anilines is 2. The first-order valence-electron chi connectivity index (χ1n) is 5.24. The number of hydrogen-bond donors (Lipinski definition) is 1. The van der Waals surface area contributed by atoms with E-state index in [4.69, 9.17) is 10.2 Å². The summed E-state index contributed by atoms with van der Waals surface area (Å²) in [5.41, 5.74) is 8.06. The van der Waals surface area contributed by atoms with Crippen molar-refractivity contribution in [2.75, 3.05) is 23.7 Å². The topological polar surface area (TPSA) is 55.3 Å². The smallest absolute Gasteiger partial charge is 0.298 e. The molecule has 0 saturated carbocycles. The lowest BCUT2D eigenvalue weighted by Crippen LogP contribution is -2.17. The van der Waals surface area contributed by atoms with E-state index in [1.165, 1.54) is 12.8 Å². The molecule has 4 heteroatoms. The Morgan fingerprint density at radius 1 is 1.27 bits per heavy atom. The molecule has 1 aliphatic rings. The Balaban J connectivity index is 2.09. The summed E-state index contributed by atoms with van der Waals surface area (Å²) in [4.78, 5) is 6.59. The van der Waals surface area contributed by atoms with E-state index >= 15 is 0 Å². The highest BCUT2D eigenvalue weighted by Gasteiger charge is 2.18. The highest BCUT2D eigenvalue weighted by atomic mass is 16.4. The molecule has 0 bridgehead atoms. The standard InChI is InChI=1S/C11H13N3O/c12-8-4-3-5-9-10(8)13-11(15-9)14-6-1-2-7-14/h3-5H,1-2,6-7,12H2. The van der Waals surface area contributed by atoms with E-state index < -0.39 is 0 Å². The SMILES string of the molecule is Nc1cccc2oc(N3CCCC3)nc12. The summed E-state index contributed by atoms with van der Waals surface area (Å²) in [6.07, 6.45) is 2.43. The zero-order valence-electron chi connectivity index (χ0n) is 8.44. The third-order valence-corrected chi connectivity index (χ3v) is 2.82. The van der Waals surface area contributed by atoms with Gasteiger partial charge in [-0.05, 0) is 25.0 Å². The van der Waals surface area contributed by atoms with E-state index in [1.807, 2.05) is 18.2 Å². The van der Waals surface area contributed by atoms with E-state index in [0.717, 1.165) is 24.2 Å². The normalized spacial score (nSPS) is 16.4. The third kappa shape index (κ3) is 1.33. The van der Waals surface area contributed by atoms with E-state index in [1.54, 1.807) is 0 Å². The molecule has 3 rings (SSSR count). The second-order valence-electron chi connectivity index (χ2n) is 3.88. The minimum absolute atomic E-state index is 0.682. The summed E-state index contributed by atoms with van der Waals surface area (Å²) in [6, 6.07) is 6.34. The second kappa shape index (κ2) is 3.15. The minimum atomic E-state index is 0.682. The van der Waals surface area contributed by atoms with Crippen LogP contribution in [0.3, 0.4) is 0 Å². The summed E-state index contributed by atoms with van der Waals surface area (Å²) < 4.78 is 5.67. The molecular weight excluding hydrogens is 190 g/mol. The molecule has 2 aromatic rings. The summed E-state index contributed by atoms with van der Waals surface area (Å²) in [5.74, 6) is 0. The maximum atomic E-state index is 5.83. The maximum Gasteiger partial charge on any atom is 0.298 e. The number of fused-ring (bicyclic) bond motifs is 1. The molecule has 0 atom stereocenters. The third-order valence-electron chi connectivity index (χ3n) is 2.82. The fourth-order valence-corrected chi connectivity index (χ4v) is 2.00. The van der Waals surface area contributed by atoms with Crippen LogP contribution in [-0.2, 0) is 0 Å². The highest BCUT2D eigenvalue weighted by Crippen LogP contribution is 2.27. The molecule has 2 N–H and O–H groups in total. The van der Waals surface area contributed by atoms with E-state index in [-0.39, 0.29) is 0 Å². The molecule has 1 aliphatic heterocycles. The second-order valence-corrected chi connectivity index (χ2v) is 3.88. The lowest BCUT2D eigenvalue weighted by molar-refractivity contribution is 0.585. The van der Waals surface area contributed by atoms with Gasteiger partial charge in [-0.15, -0.1) is 0 Å². The van der Waals surface area contributed by atoms with Crippen LogP contribution in [0.5, 0.6) is 0 Å². The van der Waals surface area contributed by atoms with Crippen molar-refractivity contribution in [2.45, 2.75) is 12.8 Å².